The highest BCUT2D eigenvalue weighted by Crippen LogP contribution is 2.24. The van der Waals surface area contributed by atoms with Crippen molar-refractivity contribution in [3.8, 4) is 0 Å². The van der Waals surface area contributed by atoms with Crippen molar-refractivity contribution in [2.75, 3.05) is 19.7 Å². The summed E-state index contributed by atoms with van der Waals surface area (Å²) in [4.78, 5) is 23.5. The van der Waals surface area contributed by atoms with Crippen molar-refractivity contribution >= 4 is 23.2 Å². The first-order chi connectivity index (χ1) is 12.6. The summed E-state index contributed by atoms with van der Waals surface area (Å²) >= 11 is 0. The average molecular weight is 356 g/mol. The fourth-order valence-electron chi connectivity index (χ4n) is 3.83. The topological polar surface area (TPSA) is 78.9 Å². The molecular weight excluding hydrogens is 332 g/mol. The normalized spacial score (nSPS) is 25.0. The van der Waals surface area contributed by atoms with Crippen LogP contribution in [0.4, 0.5) is 0 Å². The van der Waals surface area contributed by atoms with Crippen LogP contribution in [0.5, 0.6) is 0 Å². The quantitative estimate of drug-likeness (QED) is 0.806. The van der Waals surface area contributed by atoms with E-state index < -0.39 is 0 Å². The highest BCUT2D eigenvalue weighted by molar-refractivity contribution is 6.07. The minimum Gasteiger partial charge on any atom is -0.483 e. The van der Waals surface area contributed by atoms with E-state index in [1.54, 1.807) is 0 Å². The number of hydrogen-bond acceptors (Lipinski definition) is 4. The molecule has 2 aromatic carbocycles. The number of ether oxygens (including phenoxy) is 1. The lowest BCUT2D eigenvalue weighted by Crippen LogP contribution is -2.45. The van der Waals surface area contributed by atoms with Gasteiger partial charge in [-0.25, -0.2) is 0 Å². The maximum Gasteiger partial charge on any atom is 0.290 e. The number of carbonyl (C=O) groups excluding carboxylic acids is 1. The van der Waals surface area contributed by atoms with Gasteiger partial charge in [-0.3, -0.25) is 14.5 Å². The first-order valence-electron chi connectivity index (χ1n) is 8.84. The number of carbonyl (C=O) groups is 2. The second kappa shape index (κ2) is 8.29. The zero-order valence-corrected chi connectivity index (χ0v) is 14.8. The van der Waals surface area contributed by atoms with Crippen molar-refractivity contribution in [3.05, 3.63) is 48.0 Å². The smallest absolute Gasteiger partial charge is 0.290 e. The van der Waals surface area contributed by atoms with Gasteiger partial charge in [-0.2, -0.15) is 0 Å². The van der Waals surface area contributed by atoms with Crippen molar-refractivity contribution in [1.82, 2.24) is 10.2 Å². The Hall–Kier alpha value is -2.44. The lowest BCUT2D eigenvalue weighted by molar-refractivity contribution is -0.122. The highest BCUT2D eigenvalue weighted by Gasteiger charge is 2.36. The van der Waals surface area contributed by atoms with Gasteiger partial charge >= 0.3 is 0 Å². The van der Waals surface area contributed by atoms with Crippen LogP contribution < -0.4 is 5.32 Å². The number of hydrogen-bond donors (Lipinski definition) is 2. The molecule has 0 aliphatic carbocycles. The fourth-order valence-corrected chi connectivity index (χ4v) is 3.83. The van der Waals surface area contributed by atoms with E-state index in [0.717, 1.165) is 42.5 Å². The maximum atomic E-state index is 12.7. The van der Waals surface area contributed by atoms with Gasteiger partial charge in [0, 0.05) is 30.7 Å². The summed E-state index contributed by atoms with van der Waals surface area (Å²) < 4.78 is 5.73. The Balaban J connectivity index is 0.000000613. The molecule has 2 aliphatic heterocycles. The van der Waals surface area contributed by atoms with E-state index in [9.17, 15) is 4.79 Å². The number of nitrogens with zero attached hydrogens (tertiary/aromatic N) is 1. The van der Waals surface area contributed by atoms with Crippen LogP contribution in [0.3, 0.4) is 0 Å². The zero-order valence-electron chi connectivity index (χ0n) is 14.8. The number of rotatable bonds is 2. The Kier molecular flexibility index (Phi) is 5.85. The van der Waals surface area contributed by atoms with Crippen LogP contribution in [0.2, 0.25) is 0 Å². The monoisotopic (exact) mass is 356 g/mol. The molecule has 0 bridgehead atoms. The summed E-state index contributed by atoms with van der Waals surface area (Å²) in [7, 11) is 0. The Morgan fingerprint density at radius 3 is 2.77 bits per heavy atom. The minimum absolute atomic E-state index is 0.0283. The molecule has 2 saturated heterocycles. The standard InChI is InChI=1S/C19H22N2O2.CH2O2/c1-13-10-21-11-15(9-16(21)12-23-13)20-19(22)18-8-4-6-14-5-2-3-7-17(14)18;2-1-3/h2-8,13,15-16H,9-12H2,1H3,(H,20,22);1H,(H,2,3)/t13-,15+,16+;/m1./s1. The van der Waals surface area contributed by atoms with E-state index in [-0.39, 0.29) is 18.4 Å². The molecule has 0 spiro atoms. The number of fused-ring (bicyclic) bond motifs is 2. The predicted molar refractivity (Wildman–Crippen MR) is 99.3 cm³/mol. The lowest BCUT2D eigenvalue weighted by Gasteiger charge is -2.33. The largest absolute Gasteiger partial charge is 0.483 e. The summed E-state index contributed by atoms with van der Waals surface area (Å²) in [5.41, 5.74) is 0.762. The number of amides is 1. The second-order valence-electron chi connectivity index (χ2n) is 6.79. The minimum atomic E-state index is -0.250. The molecule has 0 saturated carbocycles. The third-order valence-electron chi connectivity index (χ3n) is 4.96. The summed E-state index contributed by atoms with van der Waals surface area (Å²) in [6, 6.07) is 14.6. The molecule has 0 radical (unpaired) electrons. The third-order valence-corrected chi connectivity index (χ3v) is 4.96. The molecule has 3 atom stereocenters. The van der Waals surface area contributed by atoms with Gasteiger partial charge in [0.1, 0.15) is 0 Å². The molecule has 2 fully saturated rings. The van der Waals surface area contributed by atoms with Crippen LogP contribution in [-0.2, 0) is 9.53 Å². The molecule has 6 nitrogen and oxygen atoms in total. The molecule has 0 unspecified atom stereocenters. The predicted octanol–water partition coefficient (Wildman–Crippen LogP) is 2.13. The SMILES string of the molecule is C[C@@H]1CN2C[C@@H](NC(=O)c3cccc4ccccc34)C[C@H]2CO1.O=CO. The molecule has 138 valence electrons. The van der Waals surface area contributed by atoms with Gasteiger partial charge in [0.05, 0.1) is 12.7 Å². The Labute approximate surface area is 152 Å². The van der Waals surface area contributed by atoms with Crippen LogP contribution in [-0.4, -0.2) is 60.3 Å². The molecule has 1 amide bonds. The Morgan fingerprint density at radius 2 is 1.96 bits per heavy atom. The number of carboxylic acid groups (broad SMARTS) is 1. The summed E-state index contributed by atoms with van der Waals surface area (Å²) in [5.74, 6) is 0.0283. The van der Waals surface area contributed by atoms with Crippen molar-refractivity contribution < 1.29 is 19.4 Å². The van der Waals surface area contributed by atoms with E-state index in [4.69, 9.17) is 14.6 Å². The summed E-state index contributed by atoms with van der Waals surface area (Å²) in [6.07, 6.45) is 1.27. The number of morpholine rings is 1. The molecule has 2 aromatic rings. The lowest BCUT2D eigenvalue weighted by atomic mass is 10.0. The van der Waals surface area contributed by atoms with Gasteiger partial charge in [-0.05, 0) is 30.2 Å². The van der Waals surface area contributed by atoms with Crippen molar-refractivity contribution in [3.63, 3.8) is 0 Å². The van der Waals surface area contributed by atoms with Gasteiger partial charge in [-0.1, -0.05) is 36.4 Å². The molecular formula is C20H24N2O4. The van der Waals surface area contributed by atoms with E-state index in [2.05, 4.69) is 17.1 Å². The van der Waals surface area contributed by atoms with E-state index in [1.807, 2.05) is 42.5 Å². The summed E-state index contributed by atoms with van der Waals surface area (Å²) in [5, 5.41) is 12.2. The fraction of sp³-hybridized carbons (Fsp3) is 0.400. The van der Waals surface area contributed by atoms with Gasteiger partial charge < -0.3 is 15.2 Å². The van der Waals surface area contributed by atoms with Crippen molar-refractivity contribution in [1.29, 1.82) is 0 Å². The van der Waals surface area contributed by atoms with Crippen LogP contribution >= 0.6 is 0 Å². The van der Waals surface area contributed by atoms with Gasteiger partial charge in [-0.15, -0.1) is 0 Å². The van der Waals surface area contributed by atoms with Gasteiger partial charge in [0.25, 0.3) is 12.4 Å². The Bertz CT molecular complexity index is 774. The molecule has 2 N–H and O–H groups in total. The molecule has 2 heterocycles. The van der Waals surface area contributed by atoms with E-state index in [0.29, 0.717) is 12.1 Å². The van der Waals surface area contributed by atoms with Crippen LogP contribution in [0.1, 0.15) is 23.7 Å². The first kappa shape index (κ1) is 18.4. The summed E-state index contributed by atoms with van der Waals surface area (Å²) in [6.45, 7) is 4.53. The molecule has 4 rings (SSSR count). The average Bonchev–Trinajstić information content (AvgIpc) is 3.03. The zero-order chi connectivity index (χ0) is 18.5. The van der Waals surface area contributed by atoms with Gasteiger partial charge in [0.15, 0.2) is 0 Å². The first-order valence-corrected chi connectivity index (χ1v) is 8.84. The van der Waals surface area contributed by atoms with E-state index in [1.165, 1.54) is 0 Å². The van der Waals surface area contributed by atoms with Crippen molar-refractivity contribution in [2.24, 2.45) is 0 Å². The van der Waals surface area contributed by atoms with Crippen LogP contribution in [0.15, 0.2) is 42.5 Å². The van der Waals surface area contributed by atoms with Crippen LogP contribution in [0.25, 0.3) is 10.8 Å². The molecule has 26 heavy (non-hydrogen) atoms. The number of benzene rings is 2. The van der Waals surface area contributed by atoms with Crippen molar-refractivity contribution in [2.45, 2.75) is 31.5 Å². The van der Waals surface area contributed by atoms with Gasteiger partial charge in [0.2, 0.25) is 0 Å². The third kappa shape index (κ3) is 4.03. The molecule has 6 heteroatoms. The maximum absolute atomic E-state index is 12.7. The number of nitrogens with one attached hydrogen (secondary N) is 1. The Morgan fingerprint density at radius 1 is 1.23 bits per heavy atom. The van der Waals surface area contributed by atoms with Crippen LogP contribution in [0, 0.1) is 0 Å². The second-order valence-corrected chi connectivity index (χ2v) is 6.79. The van der Waals surface area contributed by atoms with E-state index >= 15 is 0 Å². The highest BCUT2D eigenvalue weighted by atomic mass is 16.5. The molecule has 0 aromatic heterocycles. The molecule has 2 aliphatic rings.